The molecular weight excluding hydrogens is 516 g/mol. The standard InChI is InChI=1S/C38H22N2O2/c41-37-28-10-3-6-15-34(28)40-35-21-18-24(22-31(35)38(42)30-12-7-11-29(37)36(30)40)23-16-19-25(20-17-23)39-32-13-4-1-8-26(32)27-9-2-5-14-33(27)39/h1-22H. The number of hydrogen-bond acceptors (Lipinski definition) is 2. The number of para-hydroxylation sites is 4. The molecule has 0 saturated carbocycles. The summed E-state index contributed by atoms with van der Waals surface area (Å²) in [5, 5.41) is 4.86. The Bertz CT molecular complexity index is 2610. The van der Waals surface area contributed by atoms with Crippen molar-refractivity contribution in [3.05, 3.63) is 154 Å². The van der Waals surface area contributed by atoms with Crippen LogP contribution in [0.3, 0.4) is 0 Å². The zero-order valence-electron chi connectivity index (χ0n) is 22.4. The molecule has 0 bridgehead atoms. The second-order valence-electron chi connectivity index (χ2n) is 10.9. The monoisotopic (exact) mass is 538 g/mol. The molecule has 0 unspecified atom stereocenters. The number of nitrogens with zero attached hydrogens (tertiary/aromatic N) is 2. The van der Waals surface area contributed by atoms with Crippen LogP contribution >= 0.6 is 0 Å². The molecule has 0 fully saturated rings. The summed E-state index contributed by atoms with van der Waals surface area (Å²) < 4.78 is 4.38. The van der Waals surface area contributed by atoms with Crippen molar-refractivity contribution in [1.82, 2.24) is 8.97 Å². The van der Waals surface area contributed by atoms with E-state index < -0.39 is 0 Å². The fourth-order valence-electron chi connectivity index (χ4n) is 6.77. The van der Waals surface area contributed by atoms with Gasteiger partial charge in [-0.1, -0.05) is 72.8 Å². The van der Waals surface area contributed by atoms with Gasteiger partial charge >= 0.3 is 0 Å². The number of benzene rings is 6. The molecule has 0 N–H and O–H groups in total. The van der Waals surface area contributed by atoms with Crippen LogP contribution in [-0.2, 0) is 0 Å². The number of pyridine rings is 2. The average Bonchev–Trinajstić information content (AvgIpc) is 3.39. The summed E-state index contributed by atoms with van der Waals surface area (Å²) >= 11 is 0. The van der Waals surface area contributed by atoms with Gasteiger partial charge in [0.05, 0.1) is 27.6 Å². The molecule has 0 aliphatic rings. The fourth-order valence-corrected chi connectivity index (χ4v) is 6.77. The highest BCUT2D eigenvalue weighted by molar-refractivity contribution is 6.10. The van der Waals surface area contributed by atoms with Gasteiger partial charge in [0.25, 0.3) is 0 Å². The van der Waals surface area contributed by atoms with Crippen LogP contribution in [0.4, 0.5) is 0 Å². The van der Waals surface area contributed by atoms with Crippen LogP contribution in [0.25, 0.3) is 76.7 Å². The van der Waals surface area contributed by atoms with Crippen LogP contribution in [0.1, 0.15) is 0 Å². The molecule has 0 saturated heterocycles. The highest BCUT2D eigenvalue weighted by Gasteiger charge is 2.17. The van der Waals surface area contributed by atoms with Gasteiger partial charge in [0.1, 0.15) is 0 Å². The molecule has 42 heavy (non-hydrogen) atoms. The van der Waals surface area contributed by atoms with E-state index >= 15 is 0 Å². The number of rotatable bonds is 2. The molecule has 0 atom stereocenters. The van der Waals surface area contributed by atoms with E-state index in [2.05, 4.69) is 87.8 Å². The highest BCUT2D eigenvalue weighted by Crippen LogP contribution is 2.33. The van der Waals surface area contributed by atoms with E-state index in [-0.39, 0.29) is 10.9 Å². The Morgan fingerprint density at radius 1 is 0.381 bits per heavy atom. The molecule has 9 rings (SSSR count). The van der Waals surface area contributed by atoms with Crippen LogP contribution in [0.15, 0.2) is 143 Å². The van der Waals surface area contributed by atoms with Gasteiger partial charge in [0.15, 0.2) is 10.9 Å². The van der Waals surface area contributed by atoms with E-state index in [0.29, 0.717) is 27.1 Å². The van der Waals surface area contributed by atoms with Gasteiger partial charge in [-0.25, -0.2) is 0 Å². The van der Waals surface area contributed by atoms with E-state index in [1.807, 2.05) is 48.5 Å². The molecule has 0 aliphatic heterocycles. The second-order valence-corrected chi connectivity index (χ2v) is 10.9. The first-order valence-corrected chi connectivity index (χ1v) is 14.0. The van der Waals surface area contributed by atoms with Crippen molar-refractivity contribution in [2.75, 3.05) is 0 Å². The van der Waals surface area contributed by atoms with Gasteiger partial charge in [-0.05, 0) is 71.8 Å². The summed E-state index contributed by atoms with van der Waals surface area (Å²) in [6.45, 7) is 0. The lowest BCUT2D eigenvalue weighted by Crippen LogP contribution is -2.14. The Hall–Kier alpha value is -5.74. The van der Waals surface area contributed by atoms with Crippen LogP contribution in [0.2, 0.25) is 0 Å². The molecule has 9 aromatic rings. The summed E-state index contributed by atoms with van der Waals surface area (Å²) in [5.41, 5.74) is 7.60. The summed E-state index contributed by atoms with van der Waals surface area (Å²) in [6.07, 6.45) is 0. The van der Waals surface area contributed by atoms with E-state index in [0.717, 1.165) is 27.8 Å². The Labute approximate surface area is 239 Å². The first-order chi connectivity index (χ1) is 20.7. The minimum Gasteiger partial charge on any atom is -0.309 e. The Kier molecular flexibility index (Phi) is 4.59. The summed E-state index contributed by atoms with van der Waals surface area (Å²) in [4.78, 5) is 27.2. The minimum atomic E-state index is -0.0611. The molecule has 0 radical (unpaired) electrons. The third-order valence-electron chi connectivity index (χ3n) is 8.66. The predicted octanol–water partition coefficient (Wildman–Crippen LogP) is 8.32. The lowest BCUT2D eigenvalue weighted by atomic mass is 9.99. The smallest absolute Gasteiger partial charge is 0.197 e. The van der Waals surface area contributed by atoms with Gasteiger partial charge in [-0.15, -0.1) is 0 Å². The molecular formula is C38H22N2O2. The maximum atomic E-state index is 13.9. The minimum absolute atomic E-state index is 0.0464. The maximum Gasteiger partial charge on any atom is 0.197 e. The van der Waals surface area contributed by atoms with Gasteiger partial charge in [0, 0.05) is 38.0 Å². The molecule has 0 spiro atoms. The SMILES string of the molecule is O=c1c2ccccc2n2c3ccc(-c4ccc(-n5c6ccccc6c6ccccc65)cc4)cc3c(=O)c3cccc1c32. The lowest BCUT2D eigenvalue weighted by Gasteiger charge is -2.15. The summed E-state index contributed by atoms with van der Waals surface area (Å²) in [7, 11) is 0. The van der Waals surface area contributed by atoms with Crippen LogP contribution in [0.5, 0.6) is 0 Å². The van der Waals surface area contributed by atoms with E-state index in [9.17, 15) is 9.59 Å². The topological polar surface area (TPSA) is 43.5 Å². The molecule has 4 heteroatoms. The first kappa shape index (κ1) is 23.0. The maximum absolute atomic E-state index is 13.9. The molecule has 0 aliphatic carbocycles. The van der Waals surface area contributed by atoms with Crippen molar-refractivity contribution >= 4 is 59.9 Å². The number of aromatic nitrogens is 2. The van der Waals surface area contributed by atoms with Gasteiger partial charge in [0.2, 0.25) is 0 Å². The van der Waals surface area contributed by atoms with Crippen LogP contribution in [0, 0.1) is 0 Å². The normalized spacial score (nSPS) is 12.0. The van der Waals surface area contributed by atoms with Crippen molar-refractivity contribution in [2.45, 2.75) is 0 Å². The third-order valence-corrected chi connectivity index (χ3v) is 8.66. The summed E-state index contributed by atoms with van der Waals surface area (Å²) in [5.74, 6) is 0. The fraction of sp³-hybridized carbons (Fsp3) is 0. The Morgan fingerprint density at radius 3 is 1.55 bits per heavy atom. The second kappa shape index (κ2) is 8.38. The van der Waals surface area contributed by atoms with Crippen molar-refractivity contribution in [2.24, 2.45) is 0 Å². The van der Waals surface area contributed by atoms with Crippen molar-refractivity contribution in [3.63, 3.8) is 0 Å². The number of fused-ring (bicyclic) bond motifs is 7. The molecule has 196 valence electrons. The zero-order chi connectivity index (χ0) is 27.9. The Balaban J connectivity index is 1.26. The number of hydrogen-bond donors (Lipinski definition) is 0. The molecule has 3 aromatic heterocycles. The lowest BCUT2D eigenvalue weighted by molar-refractivity contribution is 1.18. The van der Waals surface area contributed by atoms with E-state index in [4.69, 9.17) is 0 Å². The van der Waals surface area contributed by atoms with Crippen molar-refractivity contribution in [1.29, 1.82) is 0 Å². The average molecular weight is 539 g/mol. The molecule has 6 aromatic carbocycles. The summed E-state index contributed by atoms with van der Waals surface area (Å²) in [6, 6.07) is 44.6. The van der Waals surface area contributed by atoms with Crippen molar-refractivity contribution in [3.8, 4) is 16.8 Å². The van der Waals surface area contributed by atoms with Gasteiger partial charge in [-0.3, -0.25) is 9.59 Å². The van der Waals surface area contributed by atoms with Crippen LogP contribution < -0.4 is 10.9 Å². The molecule has 3 heterocycles. The highest BCUT2D eigenvalue weighted by atomic mass is 16.1. The van der Waals surface area contributed by atoms with E-state index in [1.54, 1.807) is 6.07 Å². The van der Waals surface area contributed by atoms with Gasteiger partial charge < -0.3 is 8.97 Å². The Morgan fingerprint density at radius 2 is 0.881 bits per heavy atom. The molecule has 0 amide bonds. The third kappa shape index (κ3) is 3.01. The van der Waals surface area contributed by atoms with Crippen LogP contribution in [-0.4, -0.2) is 8.97 Å². The predicted molar refractivity (Wildman–Crippen MR) is 173 cm³/mol. The van der Waals surface area contributed by atoms with E-state index in [1.165, 1.54) is 21.8 Å². The first-order valence-electron chi connectivity index (χ1n) is 14.0. The largest absolute Gasteiger partial charge is 0.309 e. The van der Waals surface area contributed by atoms with Gasteiger partial charge in [-0.2, -0.15) is 0 Å². The quantitative estimate of drug-likeness (QED) is 0.164. The molecule has 4 nitrogen and oxygen atoms in total. The van der Waals surface area contributed by atoms with Crippen molar-refractivity contribution < 1.29 is 0 Å². The zero-order valence-corrected chi connectivity index (χ0v) is 22.4.